The van der Waals surface area contributed by atoms with Crippen LogP contribution in [-0.4, -0.2) is 89.9 Å². The van der Waals surface area contributed by atoms with Crippen LogP contribution in [0.2, 0.25) is 0 Å². The number of likely N-dealkylation sites (tertiary alicyclic amines) is 1. The number of nitrogens with one attached hydrogen (secondary N) is 1. The maximum Gasteiger partial charge on any atom is 0.193 e. The fourth-order valence-electron chi connectivity index (χ4n) is 3.52. The van der Waals surface area contributed by atoms with Crippen LogP contribution in [0.25, 0.3) is 0 Å². The van der Waals surface area contributed by atoms with E-state index >= 15 is 0 Å². The van der Waals surface area contributed by atoms with E-state index in [2.05, 4.69) is 15.2 Å². The molecule has 0 aromatic rings. The number of unbranched alkanes of at least 4 members (excludes halogenated alkanes) is 1. The lowest BCUT2D eigenvalue weighted by Gasteiger charge is -2.35. The lowest BCUT2D eigenvalue weighted by molar-refractivity contribution is -0.0721. The zero-order chi connectivity index (χ0) is 19.2. The van der Waals surface area contributed by atoms with E-state index in [-0.39, 0.29) is 0 Å². The van der Waals surface area contributed by atoms with E-state index in [1.54, 1.807) is 7.11 Å². The van der Waals surface area contributed by atoms with Crippen molar-refractivity contribution >= 4 is 5.96 Å². The summed E-state index contributed by atoms with van der Waals surface area (Å²) >= 11 is 0. The first-order valence-electron chi connectivity index (χ1n) is 10.6. The number of hydrogen-bond donors (Lipinski definition) is 1. The van der Waals surface area contributed by atoms with Gasteiger partial charge >= 0.3 is 0 Å². The Labute approximate surface area is 164 Å². The third kappa shape index (κ3) is 9.23. The molecule has 1 N–H and O–H groups in total. The van der Waals surface area contributed by atoms with Gasteiger partial charge in [-0.15, -0.1) is 0 Å². The van der Waals surface area contributed by atoms with Gasteiger partial charge in [-0.05, 0) is 44.9 Å². The topological polar surface area (TPSA) is 64.6 Å². The number of guanidine groups is 1. The van der Waals surface area contributed by atoms with Gasteiger partial charge in [0, 0.05) is 47.0 Å². The second-order valence-electron chi connectivity index (χ2n) is 7.29. The number of methoxy groups -OCH3 is 1. The molecule has 2 heterocycles. The summed E-state index contributed by atoms with van der Waals surface area (Å²) in [6.45, 7) is 6.70. The van der Waals surface area contributed by atoms with Gasteiger partial charge in [-0.2, -0.15) is 0 Å². The second kappa shape index (κ2) is 14.2. The highest BCUT2D eigenvalue weighted by atomic mass is 16.5. The van der Waals surface area contributed by atoms with Crippen molar-refractivity contribution in [3.05, 3.63) is 0 Å². The summed E-state index contributed by atoms with van der Waals surface area (Å²) in [6.07, 6.45) is 8.52. The highest BCUT2D eigenvalue weighted by molar-refractivity contribution is 5.79. The molecule has 0 bridgehead atoms. The van der Waals surface area contributed by atoms with Crippen LogP contribution in [0.4, 0.5) is 0 Å². The van der Waals surface area contributed by atoms with Crippen molar-refractivity contribution in [2.24, 2.45) is 4.99 Å². The largest absolute Gasteiger partial charge is 0.382 e. The van der Waals surface area contributed by atoms with E-state index in [1.165, 1.54) is 12.8 Å². The molecule has 2 rings (SSSR count). The molecule has 7 nitrogen and oxygen atoms in total. The van der Waals surface area contributed by atoms with Crippen LogP contribution in [0.5, 0.6) is 0 Å². The molecule has 2 fully saturated rings. The maximum atomic E-state index is 6.10. The zero-order valence-electron chi connectivity index (χ0n) is 17.3. The fraction of sp³-hybridized carbons (Fsp3) is 0.950. The Kier molecular flexibility index (Phi) is 11.7. The van der Waals surface area contributed by atoms with Gasteiger partial charge in [0.05, 0.1) is 32.0 Å². The molecule has 158 valence electrons. The van der Waals surface area contributed by atoms with Crippen LogP contribution >= 0.6 is 0 Å². The van der Waals surface area contributed by atoms with Crippen molar-refractivity contribution in [3.63, 3.8) is 0 Å². The van der Waals surface area contributed by atoms with Crippen LogP contribution in [0.15, 0.2) is 4.99 Å². The molecule has 0 spiro atoms. The average Bonchev–Trinajstić information content (AvgIpc) is 2.72. The normalized spacial score (nSPS) is 22.2. The number of nitrogens with zero attached hydrogens (tertiary/aromatic N) is 2. The van der Waals surface area contributed by atoms with E-state index in [1.807, 2.05) is 7.05 Å². The molecule has 0 aromatic heterocycles. The number of hydrogen-bond acceptors (Lipinski definition) is 5. The quantitative estimate of drug-likeness (QED) is 0.334. The molecule has 27 heavy (non-hydrogen) atoms. The van der Waals surface area contributed by atoms with Crippen molar-refractivity contribution in [2.75, 3.05) is 66.8 Å². The molecule has 1 unspecified atom stereocenters. The van der Waals surface area contributed by atoms with Gasteiger partial charge in [-0.1, -0.05) is 0 Å². The van der Waals surface area contributed by atoms with Gasteiger partial charge in [0.2, 0.25) is 0 Å². The third-order valence-corrected chi connectivity index (χ3v) is 5.18. The molecule has 0 saturated carbocycles. The maximum absolute atomic E-state index is 6.10. The Hall–Kier alpha value is -0.890. The van der Waals surface area contributed by atoms with Crippen LogP contribution in [-0.2, 0) is 18.9 Å². The molecule has 0 amide bonds. The monoisotopic (exact) mass is 385 g/mol. The summed E-state index contributed by atoms with van der Waals surface area (Å²) in [5, 5.41) is 3.47. The van der Waals surface area contributed by atoms with Crippen LogP contribution in [0, 0.1) is 0 Å². The van der Waals surface area contributed by atoms with E-state index in [0.717, 1.165) is 77.5 Å². The fourth-order valence-corrected chi connectivity index (χ4v) is 3.52. The highest BCUT2D eigenvalue weighted by Crippen LogP contribution is 2.17. The van der Waals surface area contributed by atoms with E-state index in [4.69, 9.17) is 18.9 Å². The van der Waals surface area contributed by atoms with Crippen LogP contribution in [0.1, 0.15) is 44.9 Å². The number of rotatable bonds is 11. The van der Waals surface area contributed by atoms with Crippen LogP contribution < -0.4 is 5.32 Å². The first-order chi connectivity index (χ1) is 13.3. The summed E-state index contributed by atoms with van der Waals surface area (Å²) in [6, 6.07) is 0. The molecule has 2 aliphatic rings. The molecular formula is C20H39N3O4. The smallest absolute Gasteiger partial charge is 0.193 e. The molecule has 2 saturated heterocycles. The van der Waals surface area contributed by atoms with Crippen LogP contribution in [0.3, 0.4) is 0 Å². The second-order valence-corrected chi connectivity index (χ2v) is 7.29. The Morgan fingerprint density at radius 3 is 2.67 bits per heavy atom. The predicted octanol–water partition coefficient (Wildman–Crippen LogP) is 2.06. The van der Waals surface area contributed by atoms with Gasteiger partial charge in [0.1, 0.15) is 0 Å². The van der Waals surface area contributed by atoms with Gasteiger partial charge in [0.25, 0.3) is 0 Å². The SMILES string of the molecule is CN=C(NCCCCOCCOC)N1CCC(OCC2CCCCO2)CC1. The lowest BCUT2D eigenvalue weighted by atomic mass is 10.1. The van der Waals surface area contributed by atoms with E-state index < -0.39 is 0 Å². The summed E-state index contributed by atoms with van der Waals surface area (Å²) < 4.78 is 22.3. The molecule has 0 aliphatic carbocycles. The van der Waals surface area contributed by atoms with E-state index in [9.17, 15) is 0 Å². The van der Waals surface area contributed by atoms with Crippen molar-refractivity contribution in [1.29, 1.82) is 0 Å². The summed E-state index contributed by atoms with van der Waals surface area (Å²) in [5.74, 6) is 1.00. The van der Waals surface area contributed by atoms with Gasteiger partial charge < -0.3 is 29.2 Å². The first kappa shape index (κ1) is 22.4. The standard InChI is InChI=1S/C20H39N3O4/c1-21-20(22-10-4-6-13-25-16-15-24-2)23-11-8-18(9-12-23)27-17-19-7-3-5-14-26-19/h18-19H,3-17H2,1-2H3,(H,21,22). The summed E-state index contributed by atoms with van der Waals surface area (Å²) in [4.78, 5) is 6.78. The van der Waals surface area contributed by atoms with E-state index in [0.29, 0.717) is 25.4 Å². The Bertz CT molecular complexity index is 395. The Balaban J connectivity index is 1.52. The lowest BCUT2D eigenvalue weighted by Crippen LogP contribution is -2.47. The molecule has 0 aromatic carbocycles. The zero-order valence-corrected chi connectivity index (χ0v) is 17.3. The molecule has 7 heteroatoms. The van der Waals surface area contributed by atoms with Crippen molar-refractivity contribution in [2.45, 2.75) is 57.2 Å². The number of aliphatic imine (C=N–C) groups is 1. The number of ether oxygens (including phenoxy) is 4. The number of piperidine rings is 1. The summed E-state index contributed by atoms with van der Waals surface area (Å²) in [5.41, 5.74) is 0. The van der Waals surface area contributed by atoms with Gasteiger partial charge in [0.15, 0.2) is 5.96 Å². The van der Waals surface area contributed by atoms with Gasteiger partial charge in [-0.25, -0.2) is 0 Å². The van der Waals surface area contributed by atoms with Crippen molar-refractivity contribution in [1.82, 2.24) is 10.2 Å². The van der Waals surface area contributed by atoms with Gasteiger partial charge in [-0.3, -0.25) is 4.99 Å². The van der Waals surface area contributed by atoms with Crippen molar-refractivity contribution in [3.8, 4) is 0 Å². The average molecular weight is 386 g/mol. The molecule has 0 radical (unpaired) electrons. The summed E-state index contributed by atoms with van der Waals surface area (Å²) in [7, 11) is 3.55. The highest BCUT2D eigenvalue weighted by Gasteiger charge is 2.23. The predicted molar refractivity (Wildman–Crippen MR) is 107 cm³/mol. The molecular weight excluding hydrogens is 346 g/mol. The molecule has 2 aliphatic heterocycles. The minimum Gasteiger partial charge on any atom is -0.382 e. The third-order valence-electron chi connectivity index (χ3n) is 5.18. The molecule has 1 atom stereocenters. The van der Waals surface area contributed by atoms with Crippen molar-refractivity contribution < 1.29 is 18.9 Å². The Morgan fingerprint density at radius 1 is 1.11 bits per heavy atom. The first-order valence-corrected chi connectivity index (χ1v) is 10.6. The Morgan fingerprint density at radius 2 is 1.96 bits per heavy atom. The minimum absolute atomic E-state index is 0.310. The minimum atomic E-state index is 0.310.